The lowest BCUT2D eigenvalue weighted by molar-refractivity contribution is -0.128. The summed E-state index contributed by atoms with van der Waals surface area (Å²) >= 11 is 0. The lowest BCUT2D eigenvalue weighted by Gasteiger charge is -2.25. The molecule has 3 aromatic carbocycles. The molecular formula is C29H33N3O4S. The molecule has 0 unspecified atom stereocenters. The lowest BCUT2D eigenvalue weighted by atomic mass is 10.0. The summed E-state index contributed by atoms with van der Waals surface area (Å²) in [7, 11) is -3.97. The van der Waals surface area contributed by atoms with Crippen LogP contribution in [0.2, 0.25) is 0 Å². The van der Waals surface area contributed by atoms with Crippen molar-refractivity contribution in [3.63, 3.8) is 0 Å². The molecule has 1 fully saturated rings. The van der Waals surface area contributed by atoms with E-state index in [-0.39, 0.29) is 23.9 Å². The number of benzene rings is 3. The zero-order valence-corrected chi connectivity index (χ0v) is 22.1. The summed E-state index contributed by atoms with van der Waals surface area (Å²) in [5.74, 6) is 0.0241. The Bertz CT molecular complexity index is 1340. The van der Waals surface area contributed by atoms with Crippen molar-refractivity contribution in [2.45, 2.75) is 50.6 Å². The van der Waals surface area contributed by atoms with Crippen molar-refractivity contribution in [1.29, 1.82) is 0 Å². The maximum atomic E-state index is 13.5. The summed E-state index contributed by atoms with van der Waals surface area (Å²) in [6.45, 7) is 5.26. The van der Waals surface area contributed by atoms with Gasteiger partial charge in [0.2, 0.25) is 11.8 Å². The van der Waals surface area contributed by atoms with Gasteiger partial charge in [-0.15, -0.1) is 0 Å². The highest BCUT2D eigenvalue weighted by molar-refractivity contribution is 7.92. The Kier molecular flexibility index (Phi) is 8.28. The molecule has 1 aliphatic rings. The maximum absolute atomic E-state index is 13.5. The topological polar surface area (TPSA) is 86.8 Å². The molecule has 0 saturated carbocycles. The first-order chi connectivity index (χ1) is 17.8. The second-order valence-corrected chi connectivity index (χ2v) is 11.4. The Morgan fingerprint density at radius 2 is 1.59 bits per heavy atom. The minimum atomic E-state index is -3.97. The van der Waals surface area contributed by atoms with Gasteiger partial charge in [0.1, 0.15) is 6.54 Å². The van der Waals surface area contributed by atoms with Crippen molar-refractivity contribution in [1.82, 2.24) is 10.2 Å². The number of hydrogen-bond acceptors (Lipinski definition) is 4. The van der Waals surface area contributed by atoms with Crippen LogP contribution in [0.15, 0.2) is 83.8 Å². The zero-order valence-electron chi connectivity index (χ0n) is 21.3. The van der Waals surface area contributed by atoms with Gasteiger partial charge < -0.3 is 10.2 Å². The predicted octanol–water partition coefficient (Wildman–Crippen LogP) is 4.44. The molecular weight excluding hydrogens is 486 g/mol. The van der Waals surface area contributed by atoms with E-state index in [9.17, 15) is 18.0 Å². The largest absolute Gasteiger partial charge is 0.350 e. The van der Waals surface area contributed by atoms with Gasteiger partial charge in [-0.1, -0.05) is 68.4 Å². The second kappa shape index (κ2) is 11.6. The fourth-order valence-electron chi connectivity index (χ4n) is 4.40. The average Bonchev–Trinajstić information content (AvgIpc) is 3.31. The fraction of sp³-hybridized carbons (Fsp3) is 0.310. The Labute approximate surface area is 219 Å². The van der Waals surface area contributed by atoms with Gasteiger partial charge in [0, 0.05) is 26.1 Å². The van der Waals surface area contributed by atoms with Gasteiger partial charge in [0.25, 0.3) is 10.0 Å². The van der Waals surface area contributed by atoms with Crippen LogP contribution < -0.4 is 9.62 Å². The number of carbonyl (C=O) groups excluding carboxylic acids is 2. The molecule has 0 aliphatic carbocycles. The number of likely N-dealkylation sites (tertiary alicyclic amines) is 1. The van der Waals surface area contributed by atoms with Crippen LogP contribution in [0, 0.1) is 0 Å². The van der Waals surface area contributed by atoms with Crippen molar-refractivity contribution in [2.75, 3.05) is 17.4 Å². The summed E-state index contributed by atoms with van der Waals surface area (Å²) in [6.07, 6.45) is 1.43. The van der Waals surface area contributed by atoms with Crippen LogP contribution in [-0.2, 0) is 32.7 Å². The van der Waals surface area contributed by atoms with E-state index in [4.69, 9.17) is 0 Å². The smallest absolute Gasteiger partial charge is 0.264 e. The number of nitrogens with zero attached hydrogens (tertiary/aromatic N) is 2. The molecule has 1 N–H and O–H groups in total. The molecule has 3 aromatic rings. The second-order valence-electron chi connectivity index (χ2n) is 9.54. The number of hydrogen-bond donors (Lipinski definition) is 1. The van der Waals surface area contributed by atoms with E-state index in [0.717, 1.165) is 34.0 Å². The first kappa shape index (κ1) is 26.4. The van der Waals surface area contributed by atoms with Crippen LogP contribution in [0.3, 0.4) is 0 Å². The van der Waals surface area contributed by atoms with Crippen molar-refractivity contribution in [2.24, 2.45) is 0 Å². The number of sulfonamides is 1. The van der Waals surface area contributed by atoms with Crippen LogP contribution in [0.4, 0.5) is 5.69 Å². The van der Waals surface area contributed by atoms with Crippen molar-refractivity contribution >= 4 is 27.5 Å². The molecule has 194 valence electrons. The lowest BCUT2D eigenvalue weighted by Crippen LogP contribution is -2.40. The van der Waals surface area contributed by atoms with Crippen molar-refractivity contribution < 1.29 is 18.0 Å². The van der Waals surface area contributed by atoms with Crippen LogP contribution in [-0.4, -0.2) is 38.2 Å². The molecule has 0 aromatic heterocycles. The number of nitrogens with one attached hydrogen (secondary N) is 1. The SMILES string of the molecule is CC(C)c1ccc(N(CC(=O)NCc2ccccc2CN2CCCC2=O)S(=O)(=O)c2ccccc2)cc1. The molecule has 1 aliphatic heterocycles. The summed E-state index contributed by atoms with van der Waals surface area (Å²) in [4.78, 5) is 27.1. The van der Waals surface area contributed by atoms with Gasteiger partial charge in [-0.2, -0.15) is 0 Å². The Morgan fingerprint density at radius 1 is 0.946 bits per heavy atom. The molecule has 0 spiro atoms. The van der Waals surface area contributed by atoms with Crippen molar-refractivity contribution in [3.8, 4) is 0 Å². The Balaban J connectivity index is 1.52. The van der Waals surface area contributed by atoms with Crippen molar-refractivity contribution in [3.05, 3.63) is 95.6 Å². The van der Waals surface area contributed by atoms with Gasteiger partial charge in [0.15, 0.2) is 0 Å². The predicted molar refractivity (Wildman–Crippen MR) is 144 cm³/mol. The van der Waals surface area contributed by atoms with E-state index < -0.39 is 15.9 Å². The van der Waals surface area contributed by atoms with Crippen LogP contribution in [0.5, 0.6) is 0 Å². The maximum Gasteiger partial charge on any atom is 0.264 e. The summed E-state index contributed by atoms with van der Waals surface area (Å²) in [6, 6.07) is 23.1. The highest BCUT2D eigenvalue weighted by Gasteiger charge is 2.27. The fourth-order valence-corrected chi connectivity index (χ4v) is 5.84. The van der Waals surface area contributed by atoms with E-state index >= 15 is 0 Å². The minimum absolute atomic E-state index is 0.122. The third-order valence-electron chi connectivity index (χ3n) is 6.59. The van der Waals surface area contributed by atoms with E-state index in [2.05, 4.69) is 19.2 Å². The molecule has 0 bridgehead atoms. The standard InChI is InChI=1S/C29H33N3O4S/c1-22(2)23-14-16-26(17-15-23)32(37(35,36)27-11-4-3-5-12-27)21-28(33)30-19-24-9-6-7-10-25(24)20-31-18-8-13-29(31)34/h3-7,9-12,14-17,22H,8,13,18-21H2,1-2H3,(H,30,33). The molecule has 1 saturated heterocycles. The van der Waals surface area contributed by atoms with Gasteiger partial charge in [-0.05, 0) is 53.3 Å². The van der Waals surface area contributed by atoms with E-state index in [1.807, 2.05) is 41.3 Å². The number of anilines is 1. The molecule has 0 atom stereocenters. The summed E-state index contributed by atoms with van der Waals surface area (Å²) in [5, 5.41) is 2.88. The number of amides is 2. The van der Waals surface area contributed by atoms with Gasteiger partial charge in [-0.3, -0.25) is 13.9 Å². The molecule has 0 radical (unpaired) electrons. The summed E-state index contributed by atoms with van der Waals surface area (Å²) in [5.41, 5.74) is 3.38. The first-order valence-electron chi connectivity index (χ1n) is 12.5. The Hall–Kier alpha value is -3.65. The van der Waals surface area contributed by atoms with Gasteiger partial charge >= 0.3 is 0 Å². The van der Waals surface area contributed by atoms with Crippen LogP contribution in [0.1, 0.15) is 49.3 Å². The van der Waals surface area contributed by atoms with E-state index in [1.165, 1.54) is 12.1 Å². The first-order valence-corrected chi connectivity index (χ1v) is 14.0. The van der Waals surface area contributed by atoms with E-state index in [1.54, 1.807) is 30.3 Å². The third-order valence-corrected chi connectivity index (χ3v) is 8.38. The number of rotatable bonds is 10. The normalized spacial score (nSPS) is 13.7. The molecule has 2 amide bonds. The Morgan fingerprint density at radius 3 is 2.22 bits per heavy atom. The minimum Gasteiger partial charge on any atom is -0.350 e. The number of carbonyl (C=O) groups is 2. The van der Waals surface area contributed by atoms with Gasteiger partial charge in [-0.25, -0.2) is 8.42 Å². The molecule has 4 rings (SSSR count). The highest BCUT2D eigenvalue weighted by Crippen LogP contribution is 2.26. The van der Waals surface area contributed by atoms with Crippen LogP contribution >= 0.6 is 0 Å². The monoisotopic (exact) mass is 519 g/mol. The van der Waals surface area contributed by atoms with E-state index in [0.29, 0.717) is 24.6 Å². The third kappa shape index (κ3) is 6.38. The zero-order chi connectivity index (χ0) is 26.4. The highest BCUT2D eigenvalue weighted by atomic mass is 32.2. The quantitative estimate of drug-likeness (QED) is 0.429. The molecule has 7 nitrogen and oxygen atoms in total. The average molecular weight is 520 g/mol. The summed E-state index contributed by atoms with van der Waals surface area (Å²) < 4.78 is 28.2. The van der Waals surface area contributed by atoms with Gasteiger partial charge in [0.05, 0.1) is 10.6 Å². The molecule has 37 heavy (non-hydrogen) atoms. The molecule has 1 heterocycles. The molecule has 8 heteroatoms. The van der Waals surface area contributed by atoms with Crippen LogP contribution in [0.25, 0.3) is 0 Å².